The molecule has 3 aromatic rings. The van der Waals surface area contributed by atoms with Gasteiger partial charge in [-0.1, -0.05) is 32.0 Å². The standard InChI is InChI=1S/C21H23N3O4S/c1-10(2)14-8-6-7-9-15(14)24-18(25)12(4)28-21(27)17-11(3)16-19(26)22-13(5)23-20(16)29-17/h6-10,12H,1-5H3,(H,24,25)(H,22,23,26)/t12-/m0/s1. The second-order valence-corrected chi connectivity index (χ2v) is 8.17. The van der Waals surface area contributed by atoms with Gasteiger partial charge in [0, 0.05) is 5.69 Å². The highest BCUT2D eigenvalue weighted by Gasteiger charge is 2.24. The van der Waals surface area contributed by atoms with E-state index in [9.17, 15) is 14.4 Å². The highest BCUT2D eigenvalue weighted by molar-refractivity contribution is 7.20. The van der Waals surface area contributed by atoms with Crippen molar-refractivity contribution in [3.63, 3.8) is 0 Å². The van der Waals surface area contributed by atoms with Crippen LogP contribution in [0.25, 0.3) is 10.2 Å². The Labute approximate surface area is 172 Å². The van der Waals surface area contributed by atoms with E-state index in [2.05, 4.69) is 15.3 Å². The molecular weight excluding hydrogens is 390 g/mol. The van der Waals surface area contributed by atoms with E-state index in [1.165, 1.54) is 6.92 Å². The van der Waals surface area contributed by atoms with E-state index >= 15 is 0 Å². The minimum atomic E-state index is -1.000. The Morgan fingerprint density at radius 1 is 1.17 bits per heavy atom. The van der Waals surface area contributed by atoms with Gasteiger partial charge in [-0.2, -0.15) is 0 Å². The largest absolute Gasteiger partial charge is 0.448 e. The highest BCUT2D eigenvalue weighted by atomic mass is 32.1. The molecule has 0 bridgehead atoms. The van der Waals surface area contributed by atoms with Gasteiger partial charge < -0.3 is 15.0 Å². The van der Waals surface area contributed by atoms with Crippen LogP contribution in [0.1, 0.15) is 53.3 Å². The number of ether oxygens (including phenoxy) is 1. The number of nitrogens with one attached hydrogen (secondary N) is 2. The summed E-state index contributed by atoms with van der Waals surface area (Å²) in [6, 6.07) is 7.52. The van der Waals surface area contributed by atoms with Gasteiger partial charge in [0.25, 0.3) is 11.5 Å². The predicted molar refractivity (Wildman–Crippen MR) is 114 cm³/mol. The number of fused-ring (bicyclic) bond motifs is 1. The van der Waals surface area contributed by atoms with Crippen molar-refractivity contribution >= 4 is 39.1 Å². The second-order valence-electron chi connectivity index (χ2n) is 7.17. The number of amides is 1. The van der Waals surface area contributed by atoms with Crippen LogP contribution in [-0.4, -0.2) is 27.9 Å². The molecule has 1 aromatic carbocycles. The molecule has 0 aliphatic carbocycles. The molecule has 2 aromatic heterocycles. The van der Waals surface area contributed by atoms with Crippen molar-refractivity contribution in [3.05, 3.63) is 56.4 Å². The van der Waals surface area contributed by atoms with E-state index < -0.39 is 18.0 Å². The van der Waals surface area contributed by atoms with Crippen molar-refractivity contribution < 1.29 is 14.3 Å². The van der Waals surface area contributed by atoms with E-state index in [1.807, 2.05) is 38.1 Å². The number of para-hydroxylation sites is 1. The SMILES string of the molecule is Cc1nc2sc(C(=O)O[C@@H](C)C(=O)Nc3ccccc3C(C)C)c(C)c2c(=O)[nH]1. The van der Waals surface area contributed by atoms with Crippen LogP contribution in [0.3, 0.4) is 0 Å². The molecule has 0 radical (unpaired) electrons. The Balaban J connectivity index is 1.78. The number of esters is 1. The molecule has 0 saturated carbocycles. The van der Waals surface area contributed by atoms with Gasteiger partial charge in [-0.15, -0.1) is 11.3 Å². The molecule has 0 spiro atoms. The van der Waals surface area contributed by atoms with Crippen molar-refractivity contribution in [3.8, 4) is 0 Å². The summed E-state index contributed by atoms with van der Waals surface area (Å²) in [5.41, 5.74) is 1.90. The Kier molecular flexibility index (Phi) is 5.83. The molecule has 152 valence electrons. The van der Waals surface area contributed by atoms with Crippen molar-refractivity contribution in [2.75, 3.05) is 5.32 Å². The maximum Gasteiger partial charge on any atom is 0.349 e. The van der Waals surface area contributed by atoms with Gasteiger partial charge in [0.2, 0.25) is 0 Å². The third kappa shape index (κ3) is 4.22. The van der Waals surface area contributed by atoms with Crippen LogP contribution in [0, 0.1) is 13.8 Å². The lowest BCUT2D eigenvalue weighted by Gasteiger charge is -2.17. The maximum absolute atomic E-state index is 12.6. The van der Waals surface area contributed by atoms with Gasteiger partial charge in [-0.3, -0.25) is 9.59 Å². The zero-order chi connectivity index (χ0) is 21.3. The van der Waals surface area contributed by atoms with Crippen LogP contribution in [0.15, 0.2) is 29.1 Å². The zero-order valence-electron chi connectivity index (χ0n) is 17.0. The molecule has 2 heterocycles. The molecule has 3 rings (SSSR count). The number of carbonyl (C=O) groups excluding carboxylic acids is 2. The molecule has 8 heteroatoms. The molecule has 0 aliphatic rings. The van der Waals surface area contributed by atoms with Crippen LogP contribution in [0.2, 0.25) is 0 Å². The van der Waals surface area contributed by atoms with Crippen molar-refractivity contribution in [2.24, 2.45) is 0 Å². The minimum absolute atomic E-state index is 0.236. The number of hydrogen-bond donors (Lipinski definition) is 2. The van der Waals surface area contributed by atoms with Crippen molar-refractivity contribution in [2.45, 2.75) is 46.6 Å². The molecule has 29 heavy (non-hydrogen) atoms. The van der Waals surface area contributed by atoms with Gasteiger partial charge in [0.15, 0.2) is 6.10 Å². The van der Waals surface area contributed by atoms with Gasteiger partial charge in [0.05, 0.1) is 5.39 Å². The quantitative estimate of drug-likeness (QED) is 0.618. The van der Waals surface area contributed by atoms with Gasteiger partial charge in [0.1, 0.15) is 15.5 Å². The summed E-state index contributed by atoms with van der Waals surface area (Å²) in [6.07, 6.45) is -1.000. The first-order chi connectivity index (χ1) is 13.7. The summed E-state index contributed by atoms with van der Waals surface area (Å²) < 4.78 is 5.37. The van der Waals surface area contributed by atoms with Crippen LogP contribution in [0.5, 0.6) is 0 Å². The molecule has 1 atom stereocenters. The third-order valence-electron chi connectivity index (χ3n) is 4.60. The zero-order valence-corrected chi connectivity index (χ0v) is 17.8. The summed E-state index contributed by atoms with van der Waals surface area (Å²) in [5, 5.41) is 3.20. The van der Waals surface area contributed by atoms with Crippen LogP contribution >= 0.6 is 11.3 Å². The molecule has 0 fully saturated rings. The van der Waals surface area contributed by atoms with Crippen LogP contribution in [-0.2, 0) is 9.53 Å². The summed E-state index contributed by atoms with van der Waals surface area (Å²) in [7, 11) is 0. The number of aromatic nitrogens is 2. The number of H-pyrrole nitrogens is 1. The van der Waals surface area contributed by atoms with E-state index in [4.69, 9.17) is 4.74 Å². The normalized spacial score (nSPS) is 12.2. The number of aromatic amines is 1. The fourth-order valence-corrected chi connectivity index (χ4v) is 4.17. The monoisotopic (exact) mass is 413 g/mol. The topological polar surface area (TPSA) is 101 Å². The van der Waals surface area contributed by atoms with E-state index in [-0.39, 0.29) is 16.4 Å². The summed E-state index contributed by atoms with van der Waals surface area (Å²) in [4.78, 5) is 45.0. The molecule has 1 amide bonds. The summed E-state index contributed by atoms with van der Waals surface area (Å²) >= 11 is 1.09. The number of thiophene rings is 1. The predicted octanol–water partition coefficient (Wildman–Crippen LogP) is 3.91. The smallest absolute Gasteiger partial charge is 0.349 e. The summed E-state index contributed by atoms with van der Waals surface area (Å²) in [6.45, 7) is 8.94. The molecule has 0 unspecified atom stereocenters. The van der Waals surface area contributed by atoms with Crippen LogP contribution in [0.4, 0.5) is 5.69 Å². The lowest BCUT2D eigenvalue weighted by Crippen LogP contribution is -2.30. The lowest BCUT2D eigenvalue weighted by atomic mass is 10.0. The number of rotatable bonds is 5. The minimum Gasteiger partial charge on any atom is -0.448 e. The Hall–Kier alpha value is -3.00. The lowest BCUT2D eigenvalue weighted by molar-refractivity contribution is -0.123. The van der Waals surface area contributed by atoms with E-state index in [1.54, 1.807) is 13.8 Å². The number of hydrogen-bond acceptors (Lipinski definition) is 6. The average Bonchev–Trinajstić information content (AvgIpc) is 2.98. The number of anilines is 1. The fourth-order valence-electron chi connectivity index (χ4n) is 3.06. The molecule has 0 saturated heterocycles. The van der Waals surface area contributed by atoms with Crippen LogP contribution < -0.4 is 10.9 Å². The maximum atomic E-state index is 12.6. The van der Waals surface area contributed by atoms with E-state index in [0.717, 1.165) is 16.9 Å². The molecular formula is C21H23N3O4S. The molecule has 7 nitrogen and oxygen atoms in total. The average molecular weight is 413 g/mol. The van der Waals surface area contributed by atoms with E-state index in [0.29, 0.717) is 27.3 Å². The number of benzene rings is 1. The van der Waals surface area contributed by atoms with Gasteiger partial charge >= 0.3 is 5.97 Å². The van der Waals surface area contributed by atoms with Crippen molar-refractivity contribution in [1.82, 2.24) is 9.97 Å². The first-order valence-corrected chi connectivity index (χ1v) is 10.1. The first-order valence-electron chi connectivity index (χ1n) is 9.29. The Bertz CT molecular complexity index is 1150. The Morgan fingerprint density at radius 2 is 1.86 bits per heavy atom. The number of carbonyl (C=O) groups is 2. The number of aryl methyl sites for hydroxylation is 2. The Morgan fingerprint density at radius 3 is 2.55 bits per heavy atom. The first kappa shape index (κ1) is 20.7. The molecule has 0 aliphatic heterocycles. The van der Waals surface area contributed by atoms with Gasteiger partial charge in [-0.25, -0.2) is 9.78 Å². The highest BCUT2D eigenvalue weighted by Crippen LogP contribution is 2.28. The third-order valence-corrected chi connectivity index (χ3v) is 5.76. The van der Waals surface area contributed by atoms with Gasteiger partial charge in [-0.05, 0) is 43.9 Å². The second kappa shape index (κ2) is 8.16. The van der Waals surface area contributed by atoms with Crippen molar-refractivity contribution in [1.29, 1.82) is 0 Å². The fraction of sp³-hybridized carbons (Fsp3) is 0.333. The molecule has 2 N–H and O–H groups in total. The number of nitrogens with zero attached hydrogens (tertiary/aromatic N) is 1. The summed E-state index contributed by atoms with van der Waals surface area (Å²) in [5.74, 6) is -0.362.